The first-order chi connectivity index (χ1) is 6.56. The first-order valence-corrected chi connectivity index (χ1v) is 4.86. The van der Waals surface area contributed by atoms with Crippen LogP contribution in [0.4, 0.5) is 0 Å². The Balaban J connectivity index is 3.35. The number of methoxy groups -OCH3 is 1. The average molecular weight is 204 g/mol. The highest BCUT2D eigenvalue weighted by Crippen LogP contribution is 1.99. The molecule has 1 unspecified atom stereocenters. The zero-order valence-corrected chi connectivity index (χ0v) is 9.41. The van der Waals surface area contributed by atoms with Gasteiger partial charge >= 0.3 is 5.97 Å². The smallest absolute Gasteiger partial charge is 0.308 e. The predicted octanol–water partition coefficient (Wildman–Crippen LogP) is 1.38. The van der Waals surface area contributed by atoms with Crippen LogP contribution in [0.3, 0.4) is 0 Å². The summed E-state index contributed by atoms with van der Waals surface area (Å²) in [5, 5.41) is 0. The van der Waals surface area contributed by atoms with E-state index in [1.165, 1.54) is 7.11 Å². The third kappa shape index (κ3) is 8.01. The fraction of sp³-hybridized carbons (Fsp3) is 0.900. The van der Waals surface area contributed by atoms with Gasteiger partial charge in [-0.1, -0.05) is 0 Å². The first-order valence-electron chi connectivity index (χ1n) is 4.86. The number of hydrogen-bond donors (Lipinski definition) is 0. The molecular weight excluding hydrogens is 184 g/mol. The van der Waals surface area contributed by atoms with E-state index in [2.05, 4.69) is 4.74 Å². The van der Waals surface area contributed by atoms with E-state index in [9.17, 15) is 4.79 Å². The summed E-state index contributed by atoms with van der Waals surface area (Å²) in [7, 11) is 1.37. The molecule has 0 amide bonds. The molecule has 14 heavy (non-hydrogen) atoms. The maximum Gasteiger partial charge on any atom is 0.308 e. The molecule has 0 rings (SSSR count). The van der Waals surface area contributed by atoms with E-state index in [1.54, 1.807) is 0 Å². The molecule has 84 valence electrons. The normalized spacial score (nSPS) is 12.9. The van der Waals surface area contributed by atoms with Crippen molar-refractivity contribution in [3.63, 3.8) is 0 Å². The summed E-state index contributed by atoms with van der Waals surface area (Å²) in [6, 6.07) is 0. The molecule has 0 aromatic heterocycles. The molecule has 4 nitrogen and oxygen atoms in total. The molecule has 0 saturated heterocycles. The van der Waals surface area contributed by atoms with E-state index in [0.717, 1.165) is 0 Å². The zero-order valence-electron chi connectivity index (χ0n) is 9.41. The molecule has 0 saturated carbocycles. The lowest BCUT2D eigenvalue weighted by Crippen LogP contribution is -2.18. The fourth-order valence-electron chi connectivity index (χ4n) is 0.910. The number of esters is 1. The molecule has 0 aromatic rings. The summed E-state index contributed by atoms with van der Waals surface area (Å²) in [5.74, 6) is -0.248. The van der Waals surface area contributed by atoms with Crippen LogP contribution in [0.25, 0.3) is 0 Å². The van der Waals surface area contributed by atoms with Crippen molar-refractivity contribution >= 4 is 5.97 Å². The van der Waals surface area contributed by atoms with E-state index in [0.29, 0.717) is 13.2 Å². The highest BCUT2D eigenvalue weighted by atomic mass is 16.5. The highest BCUT2D eigenvalue weighted by Gasteiger charge is 2.08. The molecule has 0 bridgehead atoms. The summed E-state index contributed by atoms with van der Waals surface area (Å²) < 4.78 is 15.1. The van der Waals surface area contributed by atoms with Gasteiger partial charge in [0.1, 0.15) is 0 Å². The largest absolute Gasteiger partial charge is 0.469 e. The molecule has 0 aliphatic rings. The standard InChI is InChI=1S/C10H20O4/c1-8(2)13-5-6-14-9(3)7-10(11)12-4/h8-9H,5-7H2,1-4H3. The topological polar surface area (TPSA) is 44.8 Å². The molecular formula is C10H20O4. The van der Waals surface area contributed by atoms with Gasteiger partial charge in [0.05, 0.1) is 39.0 Å². The summed E-state index contributed by atoms with van der Waals surface area (Å²) in [4.78, 5) is 10.8. The summed E-state index contributed by atoms with van der Waals surface area (Å²) in [6.07, 6.45) is 0.394. The van der Waals surface area contributed by atoms with E-state index in [4.69, 9.17) is 9.47 Å². The van der Waals surface area contributed by atoms with Crippen LogP contribution in [0.2, 0.25) is 0 Å². The maximum atomic E-state index is 10.8. The van der Waals surface area contributed by atoms with Crippen molar-refractivity contribution in [2.75, 3.05) is 20.3 Å². The number of ether oxygens (including phenoxy) is 3. The molecule has 0 aromatic carbocycles. The van der Waals surface area contributed by atoms with E-state index in [1.807, 2.05) is 20.8 Å². The average Bonchev–Trinajstić information content (AvgIpc) is 2.12. The Labute approximate surface area is 85.5 Å². The third-order valence-corrected chi connectivity index (χ3v) is 1.62. The third-order valence-electron chi connectivity index (χ3n) is 1.62. The minimum atomic E-state index is -0.248. The molecule has 1 atom stereocenters. The van der Waals surface area contributed by atoms with E-state index < -0.39 is 0 Å². The first kappa shape index (κ1) is 13.4. The van der Waals surface area contributed by atoms with E-state index in [-0.39, 0.29) is 24.6 Å². The van der Waals surface area contributed by atoms with Crippen LogP contribution >= 0.6 is 0 Å². The van der Waals surface area contributed by atoms with Crippen LogP contribution in [-0.4, -0.2) is 38.5 Å². The number of hydrogen-bond acceptors (Lipinski definition) is 4. The monoisotopic (exact) mass is 204 g/mol. The van der Waals surface area contributed by atoms with Crippen molar-refractivity contribution in [3.05, 3.63) is 0 Å². The molecule has 0 fully saturated rings. The highest BCUT2D eigenvalue weighted by molar-refractivity contribution is 5.69. The van der Waals surface area contributed by atoms with Gasteiger partial charge in [0.2, 0.25) is 0 Å². The van der Waals surface area contributed by atoms with Crippen LogP contribution in [0.5, 0.6) is 0 Å². The van der Waals surface area contributed by atoms with Gasteiger partial charge in [-0.25, -0.2) is 0 Å². The van der Waals surface area contributed by atoms with Crippen LogP contribution < -0.4 is 0 Å². The maximum absolute atomic E-state index is 10.8. The minimum absolute atomic E-state index is 0.113. The van der Waals surface area contributed by atoms with Gasteiger partial charge in [-0.3, -0.25) is 4.79 Å². The van der Waals surface area contributed by atoms with Crippen LogP contribution in [0, 0.1) is 0 Å². The van der Waals surface area contributed by atoms with Crippen molar-refractivity contribution in [1.29, 1.82) is 0 Å². The fourth-order valence-corrected chi connectivity index (χ4v) is 0.910. The second kappa shape index (κ2) is 7.76. The Morgan fingerprint density at radius 1 is 1.14 bits per heavy atom. The van der Waals surface area contributed by atoms with Gasteiger partial charge in [0.15, 0.2) is 0 Å². The molecule has 0 spiro atoms. The molecule has 0 aliphatic carbocycles. The SMILES string of the molecule is COC(=O)CC(C)OCCOC(C)C. The van der Waals surface area contributed by atoms with Crippen molar-refractivity contribution in [2.24, 2.45) is 0 Å². The van der Waals surface area contributed by atoms with E-state index >= 15 is 0 Å². The summed E-state index contributed by atoms with van der Waals surface area (Å²) in [5.41, 5.74) is 0. The lowest BCUT2D eigenvalue weighted by Gasteiger charge is -2.12. The number of carbonyl (C=O) groups excluding carboxylic acids is 1. The molecule has 0 N–H and O–H groups in total. The molecule has 0 aliphatic heterocycles. The van der Waals surface area contributed by atoms with Gasteiger partial charge in [0, 0.05) is 0 Å². The lowest BCUT2D eigenvalue weighted by molar-refractivity contribution is -0.143. The van der Waals surface area contributed by atoms with Crippen molar-refractivity contribution in [3.8, 4) is 0 Å². The van der Waals surface area contributed by atoms with Crippen molar-refractivity contribution in [1.82, 2.24) is 0 Å². The Hall–Kier alpha value is -0.610. The number of carbonyl (C=O) groups is 1. The van der Waals surface area contributed by atoms with Crippen LogP contribution in [0.15, 0.2) is 0 Å². The molecule has 0 radical (unpaired) electrons. The minimum Gasteiger partial charge on any atom is -0.469 e. The number of rotatable bonds is 7. The second-order valence-corrected chi connectivity index (χ2v) is 3.38. The molecule has 4 heteroatoms. The Morgan fingerprint density at radius 3 is 2.21 bits per heavy atom. The summed E-state index contributed by atoms with van der Waals surface area (Å²) in [6.45, 7) is 6.85. The Kier molecular flexibility index (Phi) is 7.42. The molecule has 0 heterocycles. The van der Waals surface area contributed by atoms with Crippen molar-refractivity contribution in [2.45, 2.75) is 39.4 Å². The van der Waals surface area contributed by atoms with Gasteiger partial charge in [-0.05, 0) is 20.8 Å². The lowest BCUT2D eigenvalue weighted by atomic mass is 10.3. The van der Waals surface area contributed by atoms with Gasteiger partial charge in [-0.2, -0.15) is 0 Å². The van der Waals surface area contributed by atoms with Crippen LogP contribution in [-0.2, 0) is 19.0 Å². The Bertz CT molecular complexity index is 156. The van der Waals surface area contributed by atoms with Crippen molar-refractivity contribution < 1.29 is 19.0 Å². The predicted molar refractivity (Wildman–Crippen MR) is 53.1 cm³/mol. The van der Waals surface area contributed by atoms with Gasteiger partial charge in [0.25, 0.3) is 0 Å². The Morgan fingerprint density at radius 2 is 1.71 bits per heavy atom. The zero-order chi connectivity index (χ0) is 11.0. The van der Waals surface area contributed by atoms with Gasteiger partial charge in [-0.15, -0.1) is 0 Å². The van der Waals surface area contributed by atoms with Gasteiger partial charge < -0.3 is 14.2 Å². The second-order valence-electron chi connectivity index (χ2n) is 3.38. The quantitative estimate of drug-likeness (QED) is 0.464. The summed E-state index contributed by atoms with van der Waals surface area (Å²) >= 11 is 0. The van der Waals surface area contributed by atoms with Crippen LogP contribution in [0.1, 0.15) is 27.2 Å².